The Kier molecular flexibility index (Phi) is 5.69. The number of sulfone groups is 1. The van der Waals surface area contributed by atoms with E-state index in [1.807, 2.05) is 32.0 Å². The maximum atomic E-state index is 11.3. The zero-order valence-electron chi connectivity index (χ0n) is 13.2. The molecule has 0 aliphatic rings. The maximum Gasteiger partial charge on any atom is 0.165 e. The van der Waals surface area contributed by atoms with E-state index in [0.29, 0.717) is 0 Å². The maximum absolute atomic E-state index is 11.3. The highest BCUT2D eigenvalue weighted by Crippen LogP contribution is 2.21. The predicted molar refractivity (Wildman–Crippen MR) is 92.2 cm³/mol. The van der Waals surface area contributed by atoms with Crippen molar-refractivity contribution in [2.45, 2.75) is 25.4 Å². The Morgan fingerprint density at radius 2 is 1.95 bits per heavy atom. The van der Waals surface area contributed by atoms with Gasteiger partial charge in [0, 0.05) is 24.1 Å². The number of nitrogens with one attached hydrogen (secondary N) is 1. The van der Waals surface area contributed by atoms with Gasteiger partial charge in [0.05, 0.1) is 11.4 Å². The normalized spacial score (nSPS) is 13.2. The van der Waals surface area contributed by atoms with Crippen LogP contribution in [-0.4, -0.2) is 36.1 Å². The first-order valence-electron chi connectivity index (χ1n) is 7.23. The Labute approximate surface area is 136 Å². The number of benzene rings is 1. The van der Waals surface area contributed by atoms with Crippen molar-refractivity contribution in [3.63, 3.8) is 0 Å². The number of imidazole rings is 1. The second kappa shape index (κ2) is 7.33. The third-order valence-corrected chi connectivity index (χ3v) is 5.65. The number of H-pyrrole nitrogens is 1. The van der Waals surface area contributed by atoms with Crippen LogP contribution in [0, 0.1) is 12.8 Å². The van der Waals surface area contributed by atoms with Crippen molar-refractivity contribution in [3.8, 4) is 0 Å². The van der Waals surface area contributed by atoms with Crippen molar-refractivity contribution >= 4 is 21.6 Å². The third-order valence-electron chi connectivity index (χ3n) is 3.27. The third kappa shape index (κ3) is 5.50. The lowest BCUT2D eigenvalue weighted by Crippen LogP contribution is -2.13. The summed E-state index contributed by atoms with van der Waals surface area (Å²) in [6.45, 7) is 3.98. The van der Waals surface area contributed by atoms with Gasteiger partial charge in [0.25, 0.3) is 0 Å². The van der Waals surface area contributed by atoms with Gasteiger partial charge in [-0.3, -0.25) is 0 Å². The number of aromatic amines is 1. The second-order valence-corrected chi connectivity index (χ2v) is 8.98. The van der Waals surface area contributed by atoms with Gasteiger partial charge in [-0.1, -0.05) is 49.0 Å². The minimum absolute atomic E-state index is 0.114. The van der Waals surface area contributed by atoms with Crippen LogP contribution >= 0.6 is 11.8 Å². The quantitative estimate of drug-likeness (QED) is 0.788. The average Bonchev–Trinajstić information content (AvgIpc) is 2.76. The van der Waals surface area contributed by atoms with Crippen molar-refractivity contribution in [2.24, 2.45) is 5.92 Å². The van der Waals surface area contributed by atoms with Gasteiger partial charge in [0.1, 0.15) is 9.84 Å². The molecule has 1 atom stereocenters. The van der Waals surface area contributed by atoms with E-state index in [1.54, 1.807) is 11.8 Å². The number of thioether (sulfide) groups is 1. The van der Waals surface area contributed by atoms with Crippen LogP contribution in [0.15, 0.2) is 35.5 Å². The van der Waals surface area contributed by atoms with Crippen molar-refractivity contribution in [1.29, 1.82) is 0 Å². The van der Waals surface area contributed by atoms with E-state index < -0.39 is 9.84 Å². The standard InChI is InChI=1S/C16H22N2O2S2/c1-12(11-22(3,19)20)10-21-16-17-13(2)15(18-16)9-14-7-5-4-6-8-14/h4-8,12H,9-11H2,1-3H3,(H,17,18)/t12-/m1/s1. The van der Waals surface area contributed by atoms with Gasteiger partial charge in [-0.25, -0.2) is 13.4 Å². The molecule has 0 saturated heterocycles. The van der Waals surface area contributed by atoms with Crippen LogP contribution in [0.5, 0.6) is 0 Å². The molecule has 0 aliphatic carbocycles. The Morgan fingerprint density at radius 1 is 1.27 bits per heavy atom. The zero-order valence-corrected chi connectivity index (χ0v) is 14.8. The molecular formula is C16H22N2O2S2. The molecule has 0 aliphatic heterocycles. The summed E-state index contributed by atoms with van der Waals surface area (Å²) in [7, 11) is -2.92. The van der Waals surface area contributed by atoms with E-state index in [1.165, 1.54) is 11.8 Å². The van der Waals surface area contributed by atoms with E-state index in [9.17, 15) is 8.42 Å². The number of rotatable bonds is 7. The first-order chi connectivity index (χ1) is 10.3. The molecule has 22 heavy (non-hydrogen) atoms. The van der Waals surface area contributed by atoms with Crippen molar-refractivity contribution in [3.05, 3.63) is 47.3 Å². The lowest BCUT2D eigenvalue weighted by atomic mass is 10.1. The molecule has 0 fully saturated rings. The summed E-state index contributed by atoms with van der Waals surface area (Å²) >= 11 is 1.58. The highest BCUT2D eigenvalue weighted by molar-refractivity contribution is 7.99. The summed E-state index contributed by atoms with van der Waals surface area (Å²) < 4.78 is 22.6. The van der Waals surface area contributed by atoms with E-state index in [-0.39, 0.29) is 11.7 Å². The summed E-state index contributed by atoms with van der Waals surface area (Å²) in [6, 6.07) is 10.2. The van der Waals surface area contributed by atoms with Crippen LogP contribution in [0.25, 0.3) is 0 Å². The minimum Gasteiger partial charge on any atom is -0.337 e. The molecule has 2 aromatic rings. The van der Waals surface area contributed by atoms with Crippen LogP contribution in [-0.2, 0) is 16.3 Å². The molecule has 1 N–H and O–H groups in total. The molecule has 1 heterocycles. The Balaban J connectivity index is 1.95. The molecule has 0 spiro atoms. The van der Waals surface area contributed by atoms with Crippen LogP contribution in [0.4, 0.5) is 0 Å². The Bertz CT molecular complexity index is 709. The van der Waals surface area contributed by atoms with E-state index in [0.717, 1.165) is 28.7 Å². The van der Waals surface area contributed by atoms with Gasteiger partial charge in [-0.2, -0.15) is 0 Å². The smallest absolute Gasteiger partial charge is 0.165 e. The monoisotopic (exact) mass is 338 g/mol. The van der Waals surface area contributed by atoms with Gasteiger partial charge in [-0.05, 0) is 18.4 Å². The highest BCUT2D eigenvalue weighted by Gasteiger charge is 2.13. The Morgan fingerprint density at radius 3 is 2.59 bits per heavy atom. The number of nitrogens with zero attached hydrogens (tertiary/aromatic N) is 1. The molecule has 6 heteroatoms. The summed E-state index contributed by atoms with van der Waals surface area (Å²) in [5.41, 5.74) is 3.35. The number of aryl methyl sites for hydroxylation is 1. The molecule has 2 rings (SSSR count). The van der Waals surface area contributed by atoms with Gasteiger partial charge < -0.3 is 4.98 Å². The fraction of sp³-hybridized carbons (Fsp3) is 0.438. The largest absolute Gasteiger partial charge is 0.337 e. The van der Waals surface area contributed by atoms with Crippen LogP contribution in [0.2, 0.25) is 0 Å². The van der Waals surface area contributed by atoms with Gasteiger partial charge in [0.15, 0.2) is 5.16 Å². The fourth-order valence-corrected chi connectivity index (χ4v) is 4.54. The van der Waals surface area contributed by atoms with Crippen molar-refractivity contribution in [2.75, 3.05) is 17.8 Å². The van der Waals surface area contributed by atoms with Crippen LogP contribution < -0.4 is 0 Å². The summed E-state index contributed by atoms with van der Waals surface area (Å²) in [5.74, 6) is 1.07. The molecule has 0 unspecified atom stereocenters. The number of aromatic nitrogens is 2. The minimum atomic E-state index is -2.92. The number of hydrogen-bond acceptors (Lipinski definition) is 4. The lowest BCUT2D eigenvalue weighted by molar-refractivity contribution is 0.589. The SMILES string of the molecule is Cc1[nH]c(SC[C@@H](C)CS(C)(=O)=O)nc1Cc1ccccc1. The first-order valence-corrected chi connectivity index (χ1v) is 10.3. The van der Waals surface area contributed by atoms with Crippen molar-refractivity contribution < 1.29 is 8.42 Å². The lowest BCUT2D eigenvalue weighted by Gasteiger charge is -2.07. The van der Waals surface area contributed by atoms with Crippen molar-refractivity contribution in [1.82, 2.24) is 9.97 Å². The Hall–Kier alpha value is -1.27. The molecule has 0 saturated carbocycles. The van der Waals surface area contributed by atoms with Gasteiger partial charge in [0.2, 0.25) is 0 Å². The molecule has 120 valence electrons. The summed E-state index contributed by atoms with van der Waals surface area (Å²) in [4.78, 5) is 7.92. The van der Waals surface area contributed by atoms with Gasteiger partial charge in [-0.15, -0.1) is 0 Å². The first kappa shape index (κ1) is 17.1. The summed E-state index contributed by atoms with van der Waals surface area (Å²) in [6.07, 6.45) is 2.09. The second-order valence-electron chi connectivity index (χ2n) is 5.78. The molecule has 0 radical (unpaired) electrons. The molecule has 1 aromatic carbocycles. The summed E-state index contributed by atoms with van der Waals surface area (Å²) in [5, 5.41) is 0.865. The molecule has 0 amide bonds. The van der Waals surface area contributed by atoms with E-state index in [2.05, 4.69) is 22.1 Å². The predicted octanol–water partition coefficient (Wildman–Crippen LogP) is 3.08. The van der Waals surface area contributed by atoms with Crippen LogP contribution in [0.1, 0.15) is 23.9 Å². The van der Waals surface area contributed by atoms with Crippen LogP contribution in [0.3, 0.4) is 0 Å². The zero-order chi connectivity index (χ0) is 16.2. The molecule has 1 aromatic heterocycles. The van der Waals surface area contributed by atoms with E-state index >= 15 is 0 Å². The number of hydrogen-bond donors (Lipinski definition) is 1. The van der Waals surface area contributed by atoms with Gasteiger partial charge >= 0.3 is 0 Å². The average molecular weight is 338 g/mol. The highest BCUT2D eigenvalue weighted by atomic mass is 32.2. The fourth-order valence-electron chi connectivity index (χ4n) is 2.28. The topological polar surface area (TPSA) is 62.8 Å². The molecule has 0 bridgehead atoms. The van der Waals surface area contributed by atoms with E-state index in [4.69, 9.17) is 0 Å². The molecular weight excluding hydrogens is 316 g/mol. The molecule has 4 nitrogen and oxygen atoms in total.